The van der Waals surface area contributed by atoms with E-state index in [1.807, 2.05) is 0 Å². The van der Waals surface area contributed by atoms with Gasteiger partial charge < -0.3 is 0 Å². The van der Waals surface area contributed by atoms with Crippen molar-refractivity contribution >= 4 is 0 Å². The highest BCUT2D eigenvalue weighted by Crippen LogP contribution is 2.41. The van der Waals surface area contributed by atoms with Crippen LogP contribution in [0.4, 0.5) is 26.3 Å². The molecule has 0 aliphatic heterocycles. The summed E-state index contributed by atoms with van der Waals surface area (Å²) in [7, 11) is 0. The molecule has 0 amide bonds. The molecule has 5 rings (SSSR count). The molecule has 0 aliphatic rings. The molecule has 0 N–H and O–H groups in total. The second-order valence-corrected chi connectivity index (χ2v) is 7.88. The normalized spacial score (nSPS) is 12.2. The number of para-hydroxylation sites is 2. The van der Waals surface area contributed by atoms with Gasteiger partial charge in [-0.1, -0.05) is 60.7 Å². The smallest absolute Gasteiger partial charge is 0.228 e. The molecule has 0 spiro atoms. The van der Waals surface area contributed by atoms with Crippen molar-refractivity contribution in [3.8, 4) is 33.6 Å². The molecule has 3 aromatic carbocycles. The molecule has 4 nitrogen and oxygen atoms in total. The lowest BCUT2D eigenvalue weighted by molar-refractivity contribution is -0.143. The van der Waals surface area contributed by atoms with Crippen LogP contribution in [0, 0.1) is 0 Å². The summed E-state index contributed by atoms with van der Waals surface area (Å²) >= 11 is 0. The van der Waals surface area contributed by atoms with E-state index in [2.05, 4.69) is 10.2 Å². The third-order valence-electron chi connectivity index (χ3n) is 5.58. The average molecular weight is 498 g/mol. The minimum atomic E-state index is -4.72. The highest BCUT2D eigenvalue weighted by atomic mass is 19.4. The van der Waals surface area contributed by atoms with Gasteiger partial charge in [0.1, 0.15) is 0 Å². The van der Waals surface area contributed by atoms with Gasteiger partial charge in [-0.15, -0.1) is 0 Å². The molecule has 0 saturated heterocycles. The Labute approximate surface area is 201 Å². The van der Waals surface area contributed by atoms with Crippen molar-refractivity contribution in [3.05, 3.63) is 109 Å². The molecule has 0 saturated carbocycles. The molecule has 0 fully saturated rings. The Kier molecular flexibility index (Phi) is 5.66. The number of hydrogen-bond donors (Lipinski definition) is 0. The van der Waals surface area contributed by atoms with Crippen molar-refractivity contribution in [3.63, 3.8) is 0 Å². The molecule has 10 heteroatoms. The number of aromatic nitrogens is 4. The van der Waals surface area contributed by atoms with Crippen molar-refractivity contribution in [2.75, 3.05) is 0 Å². The lowest BCUT2D eigenvalue weighted by atomic mass is 10.0. The zero-order chi connectivity index (χ0) is 25.5. The second kappa shape index (κ2) is 8.71. The summed E-state index contributed by atoms with van der Waals surface area (Å²) in [5.41, 5.74) is -1.53. The third-order valence-corrected chi connectivity index (χ3v) is 5.58. The maximum absolute atomic E-state index is 14.0. The van der Waals surface area contributed by atoms with Gasteiger partial charge in [-0.2, -0.15) is 36.5 Å². The fourth-order valence-corrected chi connectivity index (χ4v) is 4.02. The van der Waals surface area contributed by atoms with E-state index in [-0.39, 0.29) is 33.6 Å². The van der Waals surface area contributed by atoms with Crippen LogP contribution in [0.25, 0.3) is 33.6 Å². The second-order valence-electron chi connectivity index (χ2n) is 7.88. The van der Waals surface area contributed by atoms with Crippen molar-refractivity contribution < 1.29 is 26.3 Å². The molecular weight excluding hydrogens is 482 g/mol. The van der Waals surface area contributed by atoms with Crippen molar-refractivity contribution in [2.45, 2.75) is 12.4 Å². The van der Waals surface area contributed by atoms with Crippen molar-refractivity contribution in [1.29, 1.82) is 0 Å². The SMILES string of the molecule is FC(F)(F)c1c(-c2ccc(-c3cnn(-c4ccccc4)c3C(F)(F)F)cc2)cnn1-c1ccccc1. The maximum atomic E-state index is 14.0. The van der Waals surface area contributed by atoms with Gasteiger partial charge in [0.05, 0.1) is 23.8 Å². The Balaban J connectivity index is 1.58. The predicted molar refractivity (Wildman–Crippen MR) is 122 cm³/mol. The summed E-state index contributed by atoms with van der Waals surface area (Å²) in [6.45, 7) is 0. The summed E-state index contributed by atoms with van der Waals surface area (Å²) in [5.74, 6) is 0. The molecule has 36 heavy (non-hydrogen) atoms. The summed E-state index contributed by atoms with van der Waals surface area (Å²) in [5, 5.41) is 7.86. The number of benzene rings is 3. The molecule has 5 aromatic rings. The van der Waals surface area contributed by atoms with Gasteiger partial charge in [0.25, 0.3) is 0 Å². The molecule has 0 bridgehead atoms. The number of halogens is 6. The quantitative estimate of drug-likeness (QED) is 0.242. The summed E-state index contributed by atoms with van der Waals surface area (Å²) in [6, 6.07) is 21.1. The Morgan fingerprint density at radius 3 is 1.11 bits per heavy atom. The van der Waals surface area contributed by atoms with E-state index in [0.29, 0.717) is 0 Å². The minimum absolute atomic E-state index is 0.164. The lowest BCUT2D eigenvalue weighted by Crippen LogP contribution is -2.14. The molecule has 0 radical (unpaired) electrons. The third kappa shape index (κ3) is 4.26. The number of rotatable bonds is 4. The van der Waals surface area contributed by atoms with E-state index >= 15 is 0 Å². The molecular formula is C26H16F6N4. The van der Waals surface area contributed by atoms with Crippen LogP contribution in [0.1, 0.15) is 11.4 Å². The highest BCUT2D eigenvalue weighted by Gasteiger charge is 2.40. The van der Waals surface area contributed by atoms with E-state index in [4.69, 9.17) is 0 Å². The van der Waals surface area contributed by atoms with Crippen LogP contribution in [-0.2, 0) is 12.4 Å². The largest absolute Gasteiger partial charge is 0.434 e. The Hall–Kier alpha value is -4.34. The van der Waals surface area contributed by atoms with Gasteiger partial charge in [0, 0.05) is 11.1 Å². The van der Waals surface area contributed by atoms with E-state index in [1.165, 1.54) is 48.5 Å². The van der Waals surface area contributed by atoms with E-state index in [9.17, 15) is 26.3 Å². The molecule has 2 heterocycles. The Morgan fingerprint density at radius 2 is 0.806 bits per heavy atom. The first-order valence-electron chi connectivity index (χ1n) is 10.7. The molecule has 0 unspecified atom stereocenters. The van der Waals surface area contributed by atoms with Gasteiger partial charge in [-0.25, -0.2) is 9.36 Å². The topological polar surface area (TPSA) is 35.6 Å². The van der Waals surface area contributed by atoms with Gasteiger partial charge in [-0.3, -0.25) is 0 Å². The lowest BCUT2D eigenvalue weighted by Gasteiger charge is -2.14. The van der Waals surface area contributed by atoms with E-state index in [0.717, 1.165) is 21.8 Å². The number of hydrogen-bond acceptors (Lipinski definition) is 2. The van der Waals surface area contributed by atoms with Crippen molar-refractivity contribution in [1.82, 2.24) is 19.6 Å². The highest BCUT2D eigenvalue weighted by molar-refractivity contribution is 5.73. The molecule has 182 valence electrons. The summed E-state index contributed by atoms with van der Waals surface area (Å²) in [4.78, 5) is 0. The monoisotopic (exact) mass is 498 g/mol. The fraction of sp³-hybridized carbons (Fsp3) is 0.0769. The summed E-state index contributed by atoms with van der Waals surface area (Å²) in [6.07, 6.45) is -7.25. The Bertz CT molecular complexity index is 1370. The van der Waals surface area contributed by atoms with Crippen LogP contribution in [0.15, 0.2) is 97.3 Å². The van der Waals surface area contributed by atoms with Crippen LogP contribution in [0.2, 0.25) is 0 Å². The molecule has 0 atom stereocenters. The Morgan fingerprint density at radius 1 is 0.472 bits per heavy atom. The van der Waals surface area contributed by atoms with Gasteiger partial charge in [0.15, 0.2) is 11.4 Å². The van der Waals surface area contributed by atoms with Gasteiger partial charge in [0.2, 0.25) is 0 Å². The zero-order valence-electron chi connectivity index (χ0n) is 18.3. The van der Waals surface area contributed by atoms with E-state index < -0.39 is 23.7 Å². The molecule has 0 aliphatic carbocycles. The fourth-order valence-electron chi connectivity index (χ4n) is 4.02. The first-order valence-corrected chi connectivity index (χ1v) is 10.7. The van der Waals surface area contributed by atoms with E-state index in [1.54, 1.807) is 36.4 Å². The standard InChI is InChI=1S/C26H16F6N4/c27-25(28,29)23-21(15-33-35(23)19-7-3-1-4-8-19)17-11-13-18(14-12-17)22-16-34-36(24(22)26(30,31)32)20-9-5-2-6-10-20/h1-16H. The van der Waals surface area contributed by atoms with Crippen LogP contribution >= 0.6 is 0 Å². The minimum Gasteiger partial charge on any atom is -0.228 e. The number of nitrogens with zero attached hydrogens (tertiary/aromatic N) is 4. The maximum Gasteiger partial charge on any atom is 0.434 e. The molecule has 2 aromatic heterocycles. The first-order chi connectivity index (χ1) is 17.1. The zero-order valence-corrected chi connectivity index (χ0v) is 18.3. The van der Waals surface area contributed by atoms with Crippen molar-refractivity contribution in [2.24, 2.45) is 0 Å². The first kappa shape index (κ1) is 23.4. The van der Waals surface area contributed by atoms with Crippen LogP contribution in [0.3, 0.4) is 0 Å². The average Bonchev–Trinajstić information content (AvgIpc) is 3.51. The van der Waals surface area contributed by atoms with Crippen LogP contribution in [-0.4, -0.2) is 19.6 Å². The van der Waals surface area contributed by atoms with Gasteiger partial charge >= 0.3 is 12.4 Å². The van der Waals surface area contributed by atoms with Crippen LogP contribution in [0.5, 0.6) is 0 Å². The predicted octanol–water partition coefficient (Wildman–Crippen LogP) is 7.43. The van der Waals surface area contributed by atoms with Gasteiger partial charge in [-0.05, 0) is 35.4 Å². The van der Waals surface area contributed by atoms with Crippen LogP contribution < -0.4 is 0 Å². The summed E-state index contributed by atoms with van der Waals surface area (Å²) < 4.78 is 85.7. The number of alkyl halides is 6.